The van der Waals surface area contributed by atoms with E-state index in [1.807, 2.05) is 35.8 Å². The van der Waals surface area contributed by atoms with Crippen LogP contribution in [0.4, 0.5) is 5.69 Å². The average Bonchev–Trinajstić information content (AvgIpc) is 2.86. The highest BCUT2D eigenvalue weighted by atomic mass is 16.6. The number of aromatic nitrogens is 1. The van der Waals surface area contributed by atoms with E-state index in [9.17, 15) is 20.0 Å². The molecule has 3 rings (SSSR count). The monoisotopic (exact) mass is 354 g/mol. The number of hydrogen-bond donors (Lipinski definition) is 1. The summed E-state index contributed by atoms with van der Waals surface area (Å²) in [7, 11) is 1.56. The van der Waals surface area contributed by atoms with E-state index in [1.165, 1.54) is 12.1 Å². The first-order chi connectivity index (χ1) is 12.4. The molecule has 7 heteroatoms. The Hall–Kier alpha value is -3.35. The number of carboxylic acids is 1. The predicted molar refractivity (Wildman–Crippen MR) is 96.8 cm³/mol. The van der Waals surface area contributed by atoms with Crippen LogP contribution in [-0.2, 0) is 17.8 Å². The van der Waals surface area contributed by atoms with Crippen molar-refractivity contribution in [2.75, 3.05) is 7.11 Å². The number of non-ortho nitro benzene ring substituents is 1. The van der Waals surface area contributed by atoms with E-state index in [1.54, 1.807) is 13.2 Å². The highest BCUT2D eigenvalue weighted by Gasteiger charge is 2.18. The molecule has 7 nitrogen and oxygen atoms in total. The highest BCUT2D eigenvalue weighted by Crippen LogP contribution is 2.31. The number of methoxy groups -OCH3 is 1. The Bertz CT molecular complexity index is 1010. The summed E-state index contributed by atoms with van der Waals surface area (Å²) in [5, 5.41) is 21.1. The first-order valence-electron chi connectivity index (χ1n) is 8.01. The molecular weight excluding hydrogens is 336 g/mol. The molecule has 3 aromatic rings. The molecule has 26 heavy (non-hydrogen) atoms. The number of aliphatic carboxylic acids is 1. The summed E-state index contributed by atoms with van der Waals surface area (Å²) >= 11 is 0. The number of benzene rings is 2. The highest BCUT2D eigenvalue weighted by molar-refractivity contribution is 5.90. The van der Waals surface area contributed by atoms with Crippen molar-refractivity contribution in [2.45, 2.75) is 19.9 Å². The van der Waals surface area contributed by atoms with Crippen LogP contribution in [0.15, 0.2) is 42.5 Å². The van der Waals surface area contributed by atoms with Gasteiger partial charge in [-0.1, -0.05) is 12.1 Å². The van der Waals surface area contributed by atoms with Gasteiger partial charge in [0.1, 0.15) is 5.75 Å². The van der Waals surface area contributed by atoms with Crippen molar-refractivity contribution >= 4 is 22.6 Å². The van der Waals surface area contributed by atoms with Crippen molar-refractivity contribution < 1.29 is 19.6 Å². The lowest BCUT2D eigenvalue weighted by molar-refractivity contribution is -0.384. The average molecular weight is 354 g/mol. The lowest BCUT2D eigenvalue weighted by Gasteiger charge is -2.09. The van der Waals surface area contributed by atoms with Gasteiger partial charge in [-0.2, -0.15) is 0 Å². The third-order valence-corrected chi connectivity index (χ3v) is 4.45. The Kier molecular flexibility index (Phi) is 4.62. The van der Waals surface area contributed by atoms with Gasteiger partial charge >= 0.3 is 5.97 Å². The number of nitro benzene ring substituents is 1. The molecule has 1 N–H and O–H groups in total. The minimum Gasteiger partial charge on any atom is -0.497 e. The van der Waals surface area contributed by atoms with Gasteiger partial charge in [0.25, 0.3) is 5.69 Å². The van der Waals surface area contributed by atoms with Crippen LogP contribution in [0.2, 0.25) is 0 Å². The zero-order valence-corrected chi connectivity index (χ0v) is 14.4. The molecule has 134 valence electrons. The first-order valence-corrected chi connectivity index (χ1v) is 8.01. The Balaban J connectivity index is 2.13. The Morgan fingerprint density at radius 1 is 1.27 bits per heavy atom. The van der Waals surface area contributed by atoms with Crippen LogP contribution < -0.4 is 4.74 Å². The number of ether oxygens (including phenoxy) is 1. The van der Waals surface area contributed by atoms with Crippen LogP contribution in [0.3, 0.4) is 0 Å². The van der Waals surface area contributed by atoms with Gasteiger partial charge in [0.05, 0.1) is 18.5 Å². The summed E-state index contributed by atoms with van der Waals surface area (Å²) < 4.78 is 7.24. The summed E-state index contributed by atoms with van der Waals surface area (Å²) in [4.78, 5) is 21.9. The summed E-state index contributed by atoms with van der Waals surface area (Å²) in [6, 6.07) is 12.0. The summed E-state index contributed by atoms with van der Waals surface area (Å²) in [5.74, 6) is -0.262. The molecule has 1 aromatic heterocycles. The zero-order chi connectivity index (χ0) is 18.8. The van der Waals surface area contributed by atoms with Crippen LogP contribution in [0.25, 0.3) is 10.9 Å². The minimum atomic E-state index is -0.912. The molecule has 0 aliphatic carbocycles. The maximum absolute atomic E-state index is 11.3. The smallest absolute Gasteiger partial charge is 0.307 e. The van der Waals surface area contributed by atoms with Gasteiger partial charge in [-0.15, -0.1) is 0 Å². The van der Waals surface area contributed by atoms with Gasteiger partial charge < -0.3 is 14.4 Å². The van der Waals surface area contributed by atoms with E-state index in [-0.39, 0.29) is 12.1 Å². The molecule has 0 aliphatic heterocycles. The number of carbonyl (C=O) groups is 1. The second kappa shape index (κ2) is 6.87. The second-order valence-corrected chi connectivity index (χ2v) is 6.03. The second-order valence-electron chi connectivity index (χ2n) is 6.03. The fourth-order valence-electron chi connectivity index (χ4n) is 3.19. The van der Waals surface area contributed by atoms with Crippen LogP contribution in [-0.4, -0.2) is 27.7 Å². The van der Waals surface area contributed by atoms with Crippen molar-refractivity contribution in [1.29, 1.82) is 0 Å². The summed E-state index contributed by atoms with van der Waals surface area (Å²) in [5.41, 5.74) is 3.21. The summed E-state index contributed by atoms with van der Waals surface area (Å²) in [6.45, 7) is 2.28. The van der Waals surface area contributed by atoms with Gasteiger partial charge in [0.15, 0.2) is 0 Å². The van der Waals surface area contributed by atoms with Gasteiger partial charge in [0, 0.05) is 35.3 Å². The molecule has 0 aliphatic rings. The predicted octanol–water partition coefficient (Wildman–Crippen LogP) is 3.54. The van der Waals surface area contributed by atoms with E-state index in [0.29, 0.717) is 12.3 Å². The number of hydrogen-bond acceptors (Lipinski definition) is 4. The molecule has 0 bridgehead atoms. The molecule has 0 atom stereocenters. The van der Waals surface area contributed by atoms with Gasteiger partial charge in [-0.05, 0) is 36.2 Å². The molecule has 0 unspecified atom stereocenters. The third kappa shape index (κ3) is 3.23. The third-order valence-electron chi connectivity index (χ3n) is 4.45. The fourth-order valence-corrected chi connectivity index (χ4v) is 3.19. The number of carboxylic acid groups (broad SMARTS) is 1. The lowest BCUT2D eigenvalue weighted by atomic mass is 10.1. The number of nitro groups is 1. The van der Waals surface area contributed by atoms with Crippen molar-refractivity contribution in [3.05, 3.63) is 69.4 Å². The van der Waals surface area contributed by atoms with Crippen LogP contribution in [0.1, 0.15) is 16.8 Å². The molecule has 0 radical (unpaired) electrons. The van der Waals surface area contributed by atoms with E-state index >= 15 is 0 Å². The Morgan fingerprint density at radius 3 is 2.69 bits per heavy atom. The van der Waals surface area contributed by atoms with Crippen LogP contribution in [0.5, 0.6) is 5.75 Å². The van der Waals surface area contributed by atoms with Crippen LogP contribution in [0, 0.1) is 17.0 Å². The number of rotatable bonds is 6. The molecule has 0 spiro atoms. The van der Waals surface area contributed by atoms with Crippen molar-refractivity contribution in [2.24, 2.45) is 0 Å². The Labute approximate surface area is 149 Å². The molecule has 0 amide bonds. The molecule has 2 aromatic carbocycles. The number of fused-ring (bicyclic) bond motifs is 1. The quantitative estimate of drug-likeness (QED) is 0.540. The van der Waals surface area contributed by atoms with Gasteiger partial charge in [-0.25, -0.2) is 0 Å². The van der Waals surface area contributed by atoms with Gasteiger partial charge in [0.2, 0.25) is 0 Å². The molecule has 0 saturated carbocycles. The molecule has 1 heterocycles. The SMILES string of the molecule is COc1ccc2c(c1)c(CC(=O)O)c(C)n2Cc1cccc([N+](=O)[O-])c1. The van der Waals surface area contributed by atoms with E-state index in [0.717, 1.165) is 27.7 Å². The molecular formula is C19H18N2O5. The van der Waals surface area contributed by atoms with Crippen molar-refractivity contribution in [3.63, 3.8) is 0 Å². The zero-order valence-electron chi connectivity index (χ0n) is 14.4. The van der Waals surface area contributed by atoms with Gasteiger partial charge in [-0.3, -0.25) is 14.9 Å². The minimum absolute atomic E-state index is 0.0315. The maximum Gasteiger partial charge on any atom is 0.307 e. The first kappa shape index (κ1) is 17.5. The molecule has 0 fully saturated rings. The normalized spacial score (nSPS) is 10.8. The van der Waals surface area contributed by atoms with Crippen LogP contribution >= 0.6 is 0 Å². The molecule has 0 saturated heterocycles. The standard InChI is InChI=1S/C19H18N2O5/c1-12-16(10-19(22)23)17-9-15(26-2)6-7-18(17)20(12)11-13-4-3-5-14(8-13)21(24)25/h3-9H,10-11H2,1-2H3,(H,22,23). The lowest BCUT2D eigenvalue weighted by Crippen LogP contribution is -2.05. The van der Waals surface area contributed by atoms with Crippen molar-refractivity contribution in [1.82, 2.24) is 4.57 Å². The van der Waals surface area contributed by atoms with E-state index in [4.69, 9.17) is 4.74 Å². The van der Waals surface area contributed by atoms with Crippen molar-refractivity contribution in [3.8, 4) is 5.75 Å². The maximum atomic E-state index is 11.3. The largest absolute Gasteiger partial charge is 0.497 e. The van der Waals surface area contributed by atoms with E-state index in [2.05, 4.69) is 0 Å². The number of nitrogens with zero attached hydrogens (tertiary/aromatic N) is 2. The topological polar surface area (TPSA) is 94.6 Å². The summed E-state index contributed by atoms with van der Waals surface area (Å²) in [6.07, 6.45) is -0.0998. The Morgan fingerprint density at radius 2 is 2.04 bits per heavy atom. The fraction of sp³-hybridized carbons (Fsp3) is 0.211. The van der Waals surface area contributed by atoms with E-state index < -0.39 is 10.9 Å².